The highest BCUT2D eigenvalue weighted by atomic mass is 16.4. The summed E-state index contributed by atoms with van der Waals surface area (Å²) in [6.07, 6.45) is 5.00. The minimum atomic E-state index is -0.802. The third-order valence-corrected chi connectivity index (χ3v) is 3.96. The number of carboxylic acid groups (broad SMARTS) is 1. The normalized spacial score (nSPS) is 21.4. The summed E-state index contributed by atoms with van der Waals surface area (Å²) in [7, 11) is 0. The first-order valence-electron chi connectivity index (χ1n) is 7.37. The van der Waals surface area contributed by atoms with Crippen LogP contribution in [-0.4, -0.2) is 52.4 Å². The van der Waals surface area contributed by atoms with E-state index in [0.717, 1.165) is 13.0 Å². The van der Waals surface area contributed by atoms with Crippen LogP contribution in [0.5, 0.6) is 0 Å². The summed E-state index contributed by atoms with van der Waals surface area (Å²) in [4.78, 5) is 22.0. The molecule has 2 heterocycles. The van der Waals surface area contributed by atoms with E-state index in [2.05, 4.69) is 21.9 Å². The summed E-state index contributed by atoms with van der Waals surface area (Å²) in [5, 5.41) is 21.4. The van der Waals surface area contributed by atoms with Gasteiger partial charge in [0, 0.05) is 25.7 Å². The van der Waals surface area contributed by atoms with Gasteiger partial charge < -0.3 is 20.4 Å². The second-order valence-corrected chi connectivity index (χ2v) is 5.52. The molecule has 2 rings (SSSR count). The molecule has 1 atom stereocenters. The van der Waals surface area contributed by atoms with Crippen molar-refractivity contribution in [1.29, 1.82) is 0 Å². The van der Waals surface area contributed by atoms with E-state index in [1.165, 1.54) is 6.33 Å². The Balaban J connectivity index is 2.18. The molecule has 1 aromatic heterocycles. The first kappa shape index (κ1) is 16.2. The molecule has 1 fully saturated rings. The van der Waals surface area contributed by atoms with E-state index in [4.69, 9.17) is 5.11 Å². The number of hydrogen-bond donors (Lipinski definition) is 3. The Kier molecular flexibility index (Phi) is 5.32. The van der Waals surface area contributed by atoms with Gasteiger partial charge in [-0.25, -0.2) is 9.97 Å². The van der Waals surface area contributed by atoms with E-state index in [1.54, 1.807) is 12.1 Å². The van der Waals surface area contributed by atoms with Crippen LogP contribution in [0.15, 0.2) is 25.0 Å². The van der Waals surface area contributed by atoms with Gasteiger partial charge in [-0.15, -0.1) is 6.58 Å². The molecule has 7 heteroatoms. The molecule has 3 N–H and O–H groups in total. The first-order chi connectivity index (χ1) is 10.6. The number of aliphatic hydroxyl groups excluding tert-OH is 1. The summed E-state index contributed by atoms with van der Waals surface area (Å²) >= 11 is 0. The Labute approximate surface area is 129 Å². The molecule has 0 amide bonds. The summed E-state index contributed by atoms with van der Waals surface area (Å²) in [6, 6.07) is 1.78. The predicted molar refractivity (Wildman–Crippen MR) is 83.9 cm³/mol. The average molecular weight is 306 g/mol. The number of hydrogen-bond acceptors (Lipinski definition) is 6. The summed E-state index contributed by atoms with van der Waals surface area (Å²) in [6.45, 7) is 5.29. The van der Waals surface area contributed by atoms with Gasteiger partial charge in [0.15, 0.2) is 0 Å². The van der Waals surface area contributed by atoms with E-state index in [-0.39, 0.29) is 6.61 Å². The molecule has 0 aromatic carbocycles. The summed E-state index contributed by atoms with van der Waals surface area (Å²) < 4.78 is 0. The summed E-state index contributed by atoms with van der Waals surface area (Å²) in [5.41, 5.74) is -0.802. The van der Waals surface area contributed by atoms with Crippen molar-refractivity contribution in [2.75, 3.05) is 36.5 Å². The zero-order valence-corrected chi connectivity index (χ0v) is 12.5. The van der Waals surface area contributed by atoms with Crippen LogP contribution in [-0.2, 0) is 4.79 Å². The molecule has 7 nitrogen and oxygen atoms in total. The Hall–Kier alpha value is -2.15. The van der Waals surface area contributed by atoms with Crippen molar-refractivity contribution in [2.45, 2.75) is 19.3 Å². The Bertz CT molecular complexity index is 537. The van der Waals surface area contributed by atoms with Gasteiger partial charge in [-0.3, -0.25) is 4.79 Å². The van der Waals surface area contributed by atoms with E-state index >= 15 is 0 Å². The maximum Gasteiger partial charge on any atom is 0.311 e. The lowest BCUT2D eigenvalue weighted by molar-refractivity contribution is -0.149. The van der Waals surface area contributed by atoms with Crippen LogP contribution >= 0.6 is 0 Å². The molecule has 0 spiro atoms. The molecule has 1 saturated heterocycles. The number of piperidine rings is 1. The second kappa shape index (κ2) is 7.22. The number of aliphatic carboxylic acids is 1. The molecule has 120 valence electrons. The van der Waals surface area contributed by atoms with Crippen molar-refractivity contribution in [1.82, 2.24) is 9.97 Å². The fourth-order valence-electron chi connectivity index (χ4n) is 2.83. The SMILES string of the molecule is C=CCC1(C(=O)O)CCCN(c2cc(NCCO)ncn2)C1. The molecule has 0 bridgehead atoms. The van der Waals surface area contributed by atoms with Gasteiger partial charge in [-0.1, -0.05) is 6.08 Å². The van der Waals surface area contributed by atoms with Gasteiger partial charge in [0.1, 0.15) is 18.0 Å². The highest BCUT2D eigenvalue weighted by Crippen LogP contribution is 2.36. The number of rotatable bonds is 7. The molecular formula is C15H22N4O3. The maximum atomic E-state index is 11.7. The molecule has 1 aliphatic heterocycles. The van der Waals surface area contributed by atoms with Crippen LogP contribution in [0.25, 0.3) is 0 Å². The Morgan fingerprint density at radius 1 is 1.55 bits per heavy atom. The van der Waals surface area contributed by atoms with E-state index in [9.17, 15) is 9.90 Å². The lowest BCUT2D eigenvalue weighted by Crippen LogP contribution is -2.48. The number of nitrogens with zero attached hydrogens (tertiary/aromatic N) is 3. The smallest absolute Gasteiger partial charge is 0.311 e. The molecule has 0 saturated carbocycles. The fourth-order valence-corrected chi connectivity index (χ4v) is 2.83. The highest BCUT2D eigenvalue weighted by molar-refractivity contribution is 5.76. The lowest BCUT2D eigenvalue weighted by atomic mass is 9.77. The average Bonchev–Trinajstić information content (AvgIpc) is 2.53. The number of carboxylic acids is 1. The largest absolute Gasteiger partial charge is 0.481 e. The molecule has 1 unspecified atom stereocenters. The molecular weight excluding hydrogens is 284 g/mol. The van der Waals surface area contributed by atoms with Gasteiger partial charge in [0.25, 0.3) is 0 Å². The molecule has 1 aliphatic rings. The van der Waals surface area contributed by atoms with Crippen LogP contribution in [0.3, 0.4) is 0 Å². The van der Waals surface area contributed by atoms with Crippen molar-refractivity contribution >= 4 is 17.6 Å². The predicted octanol–water partition coefficient (Wildman–Crippen LogP) is 1.13. The monoisotopic (exact) mass is 306 g/mol. The lowest BCUT2D eigenvalue weighted by Gasteiger charge is -2.40. The molecule has 22 heavy (non-hydrogen) atoms. The zero-order valence-electron chi connectivity index (χ0n) is 12.5. The summed E-state index contributed by atoms with van der Waals surface area (Å²) in [5.74, 6) is 0.531. The molecule has 1 aromatic rings. The fraction of sp³-hybridized carbons (Fsp3) is 0.533. The Morgan fingerprint density at radius 2 is 2.36 bits per heavy atom. The van der Waals surface area contributed by atoms with E-state index in [0.29, 0.717) is 37.6 Å². The first-order valence-corrected chi connectivity index (χ1v) is 7.37. The van der Waals surface area contributed by atoms with Crippen molar-refractivity contribution in [2.24, 2.45) is 5.41 Å². The van der Waals surface area contributed by atoms with Gasteiger partial charge in [0.05, 0.1) is 12.0 Å². The minimum Gasteiger partial charge on any atom is -0.481 e. The molecule has 0 aliphatic carbocycles. The van der Waals surface area contributed by atoms with Crippen LogP contribution in [0, 0.1) is 5.41 Å². The van der Waals surface area contributed by atoms with Gasteiger partial charge in [-0.2, -0.15) is 0 Å². The number of carbonyl (C=O) groups is 1. The van der Waals surface area contributed by atoms with Crippen molar-refractivity contribution < 1.29 is 15.0 Å². The highest BCUT2D eigenvalue weighted by Gasteiger charge is 2.41. The van der Waals surface area contributed by atoms with Crippen molar-refractivity contribution in [3.05, 3.63) is 25.0 Å². The molecule has 0 radical (unpaired) electrons. The van der Waals surface area contributed by atoms with Gasteiger partial charge in [0.2, 0.25) is 0 Å². The topological polar surface area (TPSA) is 98.6 Å². The Morgan fingerprint density at radius 3 is 3.05 bits per heavy atom. The number of anilines is 2. The number of nitrogens with one attached hydrogen (secondary N) is 1. The number of aromatic nitrogens is 2. The van der Waals surface area contributed by atoms with Crippen LogP contribution < -0.4 is 10.2 Å². The standard InChI is InChI=1S/C15H22N4O3/c1-2-4-15(14(21)22)5-3-7-19(10-15)13-9-12(16-6-8-20)17-11-18-13/h2,9,11,20H,1,3-8,10H2,(H,21,22)(H,16,17,18). The van der Waals surface area contributed by atoms with E-state index in [1.807, 2.05) is 4.90 Å². The third kappa shape index (κ3) is 3.54. The number of allylic oxidation sites excluding steroid dienone is 1. The van der Waals surface area contributed by atoms with Gasteiger partial charge >= 0.3 is 5.97 Å². The van der Waals surface area contributed by atoms with Gasteiger partial charge in [-0.05, 0) is 19.3 Å². The zero-order chi connectivity index (χ0) is 16.0. The van der Waals surface area contributed by atoms with E-state index < -0.39 is 11.4 Å². The van der Waals surface area contributed by atoms with Crippen molar-refractivity contribution in [3.63, 3.8) is 0 Å². The van der Waals surface area contributed by atoms with Crippen LogP contribution in [0.4, 0.5) is 11.6 Å². The second-order valence-electron chi connectivity index (χ2n) is 5.52. The van der Waals surface area contributed by atoms with Crippen LogP contribution in [0.2, 0.25) is 0 Å². The third-order valence-electron chi connectivity index (χ3n) is 3.96. The minimum absolute atomic E-state index is 0.0184. The van der Waals surface area contributed by atoms with Crippen LogP contribution in [0.1, 0.15) is 19.3 Å². The maximum absolute atomic E-state index is 11.7. The quantitative estimate of drug-likeness (QED) is 0.649. The number of aliphatic hydroxyl groups is 1. The van der Waals surface area contributed by atoms with Crippen molar-refractivity contribution in [3.8, 4) is 0 Å².